The minimum absolute atomic E-state index is 0.148. The van der Waals surface area contributed by atoms with Crippen molar-refractivity contribution in [2.24, 2.45) is 0 Å². The number of hydrogen-bond donors (Lipinski definition) is 6. The zero-order valence-corrected chi connectivity index (χ0v) is 41.7. The van der Waals surface area contributed by atoms with Gasteiger partial charge in [-0.2, -0.15) is 0 Å². The van der Waals surface area contributed by atoms with E-state index in [-0.39, 0.29) is 12.5 Å². The molecule has 9 nitrogen and oxygen atoms in total. The summed E-state index contributed by atoms with van der Waals surface area (Å²) in [6.07, 6.45) is 53.7. The lowest BCUT2D eigenvalue weighted by Crippen LogP contribution is -2.60. The number of aliphatic hydroxyl groups excluding tert-OH is 5. The van der Waals surface area contributed by atoms with E-state index in [1.807, 2.05) is 0 Å². The van der Waals surface area contributed by atoms with E-state index in [9.17, 15) is 30.3 Å². The summed E-state index contributed by atoms with van der Waals surface area (Å²) in [6.45, 7) is 3.72. The molecule has 7 unspecified atom stereocenters. The van der Waals surface area contributed by atoms with Crippen molar-refractivity contribution in [3.05, 3.63) is 60.8 Å². The third-order valence-corrected chi connectivity index (χ3v) is 12.6. The molecule has 1 saturated heterocycles. The van der Waals surface area contributed by atoms with Crippen LogP contribution in [0.3, 0.4) is 0 Å². The number of hydrogen-bond acceptors (Lipinski definition) is 8. The van der Waals surface area contributed by atoms with E-state index in [4.69, 9.17) is 9.47 Å². The molecule has 6 N–H and O–H groups in total. The highest BCUT2D eigenvalue weighted by Gasteiger charge is 2.44. The van der Waals surface area contributed by atoms with Crippen molar-refractivity contribution in [1.82, 2.24) is 5.32 Å². The molecule has 0 aromatic heterocycles. The first kappa shape index (κ1) is 60.9. The summed E-state index contributed by atoms with van der Waals surface area (Å²) < 4.78 is 11.3. The molecule has 7 atom stereocenters. The van der Waals surface area contributed by atoms with E-state index >= 15 is 0 Å². The van der Waals surface area contributed by atoms with Gasteiger partial charge in [-0.1, -0.05) is 229 Å². The third kappa shape index (κ3) is 35.7. The SMILES string of the molecule is CC/C=C\C/C=C\C/C=C\C/C=C\C/C=C\CCCCCCCC(=O)NC(COC1OC(CO)C(O)C(O)C1O)C(O)CCCCCCCCCCCCCCCCCCCCCCC. The van der Waals surface area contributed by atoms with Crippen LogP contribution in [0.25, 0.3) is 0 Å². The molecule has 1 rings (SSSR count). The highest BCUT2D eigenvalue weighted by molar-refractivity contribution is 5.76. The predicted octanol–water partition coefficient (Wildman–Crippen LogP) is 12.7. The first-order chi connectivity index (χ1) is 31.8. The van der Waals surface area contributed by atoms with Crippen LogP contribution in [0.4, 0.5) is 0 Å². The van der Waals surface area contributed by atoms with Crippen LogP contribution < -0.4 is 5.32 Å². The van der Waals surface area contributed by atoms with Gasteiger partial charge in [0.15, 0.2) is 6.29 Å². The van der Waals surface area contributed by atoms with Crippen LogP contribution in [-0.2, 0) is 14.3 Å². The van der Waals surface area contributed by atoms with Gasteiger partial charge >= 0.3 is 0 Å². The molecule has 378 valence electrons. The van der Waals surface area contributed by atoms with Gasteiger partial charge in [0.2, 0.25) is 5.91 Å². The normalized spacial score (nSPS) is 20.4. The van der Waals surface area contributed by atoms with Gasteiger partial charge in [-0.05, 0) is 57.8 Å². The summed E-state index contributed by atoms with van der Waals surface area (Å²) in [5, 5.41) is 54.6. The van der Waals surface area contributed by atoms with E-state index in [2.05, 4.69) is 79.9 Å². The maximum absolute atomic E-state index is 13.0. The standard InChI is InChI=1S/C56H101NO8/c1-3-5-7-9-11-13-15-17-19-21-23-25-27-29-31-33-35-37-39-41-43-45-50(59)49(48-64-56-55(63)54(62)53(61)51(47-58)65-56)57-52(60)46-44-42-40-38-36-34-32-30-28-26-24-22-20-18-16-14-12-10-8-6-4-2/h6,8,12,14,18,20,24,26,30,32,49-51,53-56,58-59,61-63H,3-5,7,9-11,13,15-17,19,21-23,25,27-29,31,33-48H2,1-2H3,(H,57,60)/b8-6-,14-12-,20-18-,26-24-,32-30-. The smallest absolute Gasteiger partial charge is 0.220 e. The van der Waals surface area contributed by atoms with Crippen LogP contribution in [0.15, 0.2) is 60.8 Å². The summed E-state index contributed by atoms with van der Waals surface area (Å²) in [4.78, 5) is 13.0. The number of nitrogens with one attached hydrogen (secondary N) is 1. The molecule has 0 bridgehead atoms. The fourth-order valence-electron chi connectivity index (χ4n) is 8.36. The van der Waals surface area contributed by atoms with Crippen LogP contribution in [-0.4, -0.2) is 87.5 Å². The van der Waals surface area contributed by atoms with E-state index in [1.165, 1.54) is 116 Å². The molecule has 0 aromatic carbocycles. The second kappa shape index (κ2) is 45.7. The van der Waals surface area contributed by atoms with Gasteiger partial charge in [0.1, 0.15) is 24.4 Å². The van der Waals surface area contributed by atoms with E-state index in [1.54, 1.807) is 0 Å². The minimum Gasteiger partial charge on any atom is -0.394 e. The van der Waals surface area contributed by atoms with Gasteiger partial charge < -0.3 is 40.3 Å². The van der Waals surface area contributed by atoms with Gasteiger partial charge in [-0.3, -0.25) is 4.79 Å². The Kier molecular flexibility index (Phi) is 42.8. The maximum Gasteiger partial charge on any atom is 0.220 e. The Balaban J connectivity index is 2.27. The first-order valence-corrected chi connectivity index (χ1v) is 27.0. The quantitative estimate of drug-likeness (QED) is 0.0261. The molecule has 1 aliphatic rings. The summed E-state index contributed by atoms with van der Waals surface area (Å²) in [5.74, 6) is -0.163. The lowest BCUT2D eigenvalue weighted by Gasteiger charge is -2.40. The average molecular weight is 916 g/mol. The zero-order valence-electron chi connectivity index (χ0n) is 41.7. The topological polar surface area (TPSA) is 149 Å². The first-order valence-electron chi connectivity index (χ1n) is 27.0. The highest BCUT2D eigenvalue weighted by atomic mass is 16.7. The molecule has 0 saturated carbocycles. The van der Waals surface area contributed by atoms with Crippen molar-refractivity contribution in [3.63, 3.8) is 0 Å². The van der Waals surface area contributed by atoms with Gasteiger partial charge in [-0.15, -0.1) is 0 Å². The number of rotatable bonds is 45. The molecule has 0 spiro atoms. The Morgan fingerprint density at radius 1 is 0.538 bits per heavy atom. The van der Waals surface area contributed by atoms with Crippen molar-refractivity contribution >= 4 is 5.91 Å². The summed E-state index contributed by atoms with van der Waals surface area (Å²) in [7, 11) is 0. The van der Waals surface area contributed by atoms with Crippen molar-refractivity contribution in [1.29, 1.82) is 0 Å². The third-order valence-electron chi connectivity index (χ3n) is 12.6. The Hall–Kier alpha value is -2.11. The van der Waals surface area contributed by atoms with Crippen LogP contribution in [0.5, 0.6) is 0 Å². The van der Waals surface area contributed by atoms with Gasteiger partial charge in [0.25, 0.3) is 0 Å². The number of aliphatic hydroxyl groups is 5. The summed E-state index contributed by atoms with van der Waals surface area (Å²) in [6, 6.07) is -0.733. The number of carbonyl (C=O) groups is 1. The lowest BCUT2D eigenvalue weighted by molar-refractivity contribution is -0.302. The Labute approximate surface area is 398 Å². The van der Waals surface area contributed by atoms with Gasteiger partial charge in [-0.25, -0.2) is 0 Å². The molecule has 1 fully saturated rings. The van der Waals surface area contributed by atoms with E-state index in [0.717, 1.165) is 89.9 Å². The van der Waals surface area contributed by atoms with Crippen molar-refractivity contribution < 1.29 is 39.8 Å². The molecule has 1 aliphatic heterocycles. The van der Waals surface area contributed by atoms with Gasteiger partial charge in [0, 0.05) is 6.42 Å². The highest BCUT2D eigenvalue weighted by Crippen LogP contribution is 2.23. The largest absolute Gasteiger partial charge is 0.394 e. The summed E-state index contributed by atoms with van der Waals surface area (Å²) in [5.41, 5.74) is 0. The molecule has 1 heterocycles. The molecular weight excluding hydrogens is 815 g/mol. The van der Waals surface area contributed by atoms with Crippen LogP contribution in [0.1, 0.15) is 232 Å². The Morgan fingerprint density at radius 2 is 0.954 bits per heavy atom. The Morgan fingerprint density at radius 3 is 1.42 bits per heavy atom. The van der Waals surface area contributed by atoms with Crippen molar-refractivity contribution in [2.75, 3.05) is 13.2 Å². The van der Waals surface area contributed by atoms with Gasteiger partial charge in [0.05, 0.1) is 25.4 Å². The molecule has 1 amide bonds. The fraction of sp³-hybridized carbons (Fsp3) is 0.804. The molecule has 0 aromatic rings. The van der Waals surface area contributed by atoms with E-state index in [0.29, 0.717) is 12.8 Å². The minimum atomic E-state index is -1.56. The summed E-state index contributed by atoms with van der Waals surface area (Å²) >= 11 is 0. The molecule has 65 heavy (non-hydrogen) atoms. The second-order valence-electron chi connectivity index (χ2n) is 18.6. The van der Waals surface area contributed by atoms with Crippen molar-refractivity contribution in [3.8, 4) is 0 Å². The second-order valence-corrected chi connectivity index (χ2v) is 18.6. The Bertz CT molecular complexity index is 1200. The monoisotopic (exact) mass is 916 g/mol. The number of unbranched alkanes of at least 4 members (excludes halogenated alkanes) is 25. The van der Waals surface area contributed by atoms with E-state index < -0.39 is 49.5 Å². The molecule has 0 radical (unpaired) electrons. The van der Waals surface area contributed by atoms with Crippen LogP contribution in [0, 0.1) is 0 Å². The van der Waals surface area contributed by atoms with Crippen LogP contribution >= 0.6 is 0 Å². The fourth-order valence-corrected chi connectivity index (χ4v) is 8.36. The zero-order chi connectivity index (χ0) is 47.3. The molecule has 0 aliphatic carbocycles. The lowest BCUT2D eigenvalue weighted by atomic mass is 9.99. The van der Waals surface area contributed by atoms with Crippen LogP contribution in [0.2, 0.25) is 0 Å². The number of amides is 1. The van der Waals surface area contributed by atoms with Crippen molar-refractivity contribution in [2.45, 2.75) is 275 Å². The number of carbonyl (C=O) groups excluding carboxylic acids is 1. The predicted molar refractivity (Wildman–Crippen MR) is 272 cm³/mol. The maximum atomic E-state index is 13.0. The molecular formula is C56H101NO8. The number of ether oxygens (including phenoxy) is 2. The average Bonchev–Trinajstić information content (AvgIpc) is 3.31. The number of allylic oxidation sites excluding steroid dienone is 10. The molecule has 9 heteroatoms.